The molecular formula is C34H64O4. The van der Waals surface area contributed by atoms with Gasteiger partial charge in [-0.05, 0) is 44.9 Å². The summed E-state index contributed by atoms with van der Waals surface area (Å²) in [5, 5.41) is 9.42. The predicted molar refractivity (Wildman–Crippen MR) is 163 cm³/mol. The molecule has 1 unspecified atom stereocenters. The van der Waals surface area contributed by atoms with Gasteiger partial charge in [0.1, 0.15) is 0 Å². The van der Waals surface area contributed by atoms with Crippen molar-refractivity contribution in [3.05, 3.63) is 12.2 Å². The van der Waals surface area contributed by atoms with Crippen molar-refractivity contribution in [1.82, 2.24) is 0 Å². The lowest BCUT2D eigenvalue weighted by Gasteiger charge is -2.13. The van der Waals surface area contributed by atoms with Crippen LogP contribution in [0.1, 0.15) is 187 Å². The molecule has 0 amide bonds. The summed E-state index contributed by atoms with van der Waals surface area (Å²) in [6.07, 6.45) is 35.2. The highest BCUT2D eigenvalue weighted by Gasteiger charge is 2.21. The molecule has 0 saturated heterocycles. The van der Waals surface area contributed by atoms with Crippen molar-refractivity contribution in [1.29, 1.82) is 0 Å². The second kappa shape index (κ2) is 30.2. The average molecular weight is 537 g/mol. The Hall–Kier alpha value is -1.32. The van der Waals surface area contributed by atoms with Crippen LogP contribution in [-0.2, 0) is 14.3 Å². The van der Waals surface area contributed by atoms with Gasteiger partial charge < -0.3 is 9.84 Å². The van der Waals surface area contributed by atoms with Gasteiger partial charge in [0.05, 0.1) is 0 Å². The number of ether oxygens (including phenoxy) is 1. The van der Waals surface area contributed by atoms with Gasteiger partial charge in [-0.15, -0.1) is 0 Å². The van der Waals surface area contributed by atoms with Crippen LogP contribution in [-0.4, -0.2) is 23.1 Å². The number of esters is 1. The minimum absolute atomic E-state index is 0.334. The van der Waals surface area contributed by atoms with Crippen LogP contribution in [0.15, 0.2) is 12.2 Å². The highest BCUT2D eigenvalue weighted by molar-refractivity contribution is 5.77. The van der Waals surface area contributed by atoms with Crippen molar-refractivity contribution < 1.29 is 19.4 Å². The first kappa shape index (κ1) is 36.7. The van der Waals surface area contributed by atoms with E-state index < -0.39 is 12.1 Å². The Balaban J connectivity index is 3.59. The van der Waals surface area contributed by atoms with E-state index in [1.165, 1.54) is 116 Å². The van der Waals surface area contributed by atoms with Crippen molar-refractivity contribution >= 4 is 11.9 Å². The maximum atomic E-state index is 12.1. The SMILES string of the molecule is CCCCCCCC/C=C\CCCCCCCC(=O)OC(CCCCCCCCCCCCCC)C(=O)O. The summed E-state index contributed by atoms with van der Waals surface area (Å²) in [5.41, 5.74) is 0. The lowest BCUT2D eigenvalue weighted by Crippen LogP contribution is -2.27. The number of carboxylic acids is 1. The molecule has 38 heavy (non-hydrogen) atoms. The summed E-state index contributed by atoms with van der Waals surface area (Å²) < 4.78 is 5.28. The largest absolute Gasteiger partial charge is 0.479 e. The van der Waals surface area contributed by atoms with Crippen molar-refractivity contribution in [3.8, 4) is 0 Å². The van der Waals surface area contributed by atoms with E-state index in [-0.39, 0.29) is 5.97 Å². The first-order chi connectivity index (χ1) is 18.6. The van der Waals surface area contributed by atoms with E-state index >= 15 is 0 Å². The Morgan fingerprint density at radius 2 is 0.921 bits per heavy atom. The third-order valence-corrected chi connectivity index (χ3v) is 7.51. The number of hydrogen-bond acceptors (Lipinski definition) is 3. The lowest BCUT2D eigenvalue weighted by molar-refractivity contribution is -0.164. The van der Waals surface area contributed by atoms with Crippen molar-refractivity contribution in [2.24, 2.45) is 0 Å². The predicted octanol–water partition coefficient (Wildman–Crippen LogP) is 11.1. The molecule has 0 aliphatic carbocycles. The molecule has 4 nitrogen and oxygen atoms in total. The molecule has 0 aromatic rings. The molecule has 0 rings (SSSR count). The second-order valence-electron chi connectivity index (χ2n) is 11.3. The van der Waals surface area contributed by atoms with Gasteiger partial charge in [-0.1, -0.05) is 148 Å². The number of carbonyl (C=O) groups is 2. The molecule has 0 aliphatic heterocycles. The summed E-state index contributed by atoms with van der Waals surface area (Å²) in [4.78, 5) is 23.6. The molecule has 0 radical (unpaired) electrons. The van der Waals surface area contributed by atoms with Gasteiger partial charge in [-0.2, -0.15) is 0 Å². The Kier molecular flexibility index (Phi) is 29.2. The fourth-order valence-corrected chi connectivity index (χ4v) is 4.96. The number of carbonyl (C=O) groups excluding carboxylic acids is 1. The van der Waals surface area contributed by atoms with E-state index in [2.05, 4.69) is 26.0 Å². The first-order valence-electron chi connectivity index (χ1n) is 16.7. The first-order valence-corrected chi connectivity index (χ1v) is 16.7. The molecule has 1 N–H and O–H groups in total. The summed E-state index contributed by atoms with van der Waals surface area (Å²) in [7, 11) is 0. The van der Waals surface area contributed by atoms with Crippen LogP contribution in [0.3, 0.4) is 0 Å². The van der Waals surface area contributed by atoms with Crippen LogP contribution in [0, 0.1) is 0 Å². The fraction of sp³-hybridized carbons (Fsp3) is 0.882. The maximum absolute atomic E-state index is 12.1. The lowest BCUT2D eigenvalue weighted by atomic mass is 10.0. The van der Waals surface area contributed by atoms with Gasteiger partial charge in [0, 0.05) is 6.42 Å². The Morgan fingerprint density at radius 3 is 1.34 bits per heavy atom. The number of unbranched alkanes of at least 4 members (excludes halogenated alkanes) is 22. The summed E-state index contributed by atoms with van der Waals surface area (Å²) >= 11 is 0. The molecule has 0 spiro atoms. The standard InChI is InChI=1S/C34H64O4/c1-3-5-7-9-11-13-15-17-18-19-21-23-25-27-29-31-33(35)38-32(34(36)37)30-28-26-24-22-20-16-14-12-10-8-6-4-2/h17-18,32H,3-16,19-31H2,1-2H3,(H,36,37)/b18-17-. The molecule has 0 aliphatic rings. The Morgan fingerprint density at radius 1 is 0.553 bits per heavy atom. The van der Waals surface area contributed by atoms with Crippen molar-refractivity contribution in [3.63, 3.8) is 0 Å². The van der Waals surface area contributed by atoms with Crippen LogP contribution in [0.2, 0.25) is 0 Å². The molecule has 0 fully saturated rings. The molecule has 0 bridgehead atoms. The highest BCUT2D eigenvalue weighted by atomic mass is 16.6. The molecule has 0 aromatic heterocycles. The highest BCUT2D eigenvalue weighted by Crippen LogP contribution is 2.15. The minimum atomic E-state index is -1.01. The topological polar surface area (TPSA) is 63.6 Å². The Bertz CT molecular complexity index is 543. The monoisotopic (exact) mass is 536 g/mol. The van der Waals surface area contributed by atoms with Gasteiger partial charge >= 0.3 is 11.9 Å². The van der Waals surface area contributed by atoms with E-state index in [0.29, 0.717) is 12.8 Å². The second-order valence-corrected chi connectivity index (χ2v) is 11.3. The summed E-state index contributed by atoms with van der Waals surface area (Å²) in [6.45, 7) is 4.51. The van der Waals surface area contributed by atoms with Crippen molar-refractivity contribution in [2.45, 2.75) is 193 Å². The number of rotatable bonds is 30. The van der Waals surface area contributed by atoms with E-state index in [4.69, 9.17) is 4.74 Å². The molecule has 0 saturated carbocycles. The number of aliphatic carboxylic acids is 1. The third kappa shape index (κ3) is 27.7. The van der Waals surface area contributed by atoms with Gasteiger partial charge in [0.2, 0.25) is 0 Å². The third-order valence-electron chi connectivity index (χ3n) is 7.51. The van der Waals surface area contributed by atoms with Crippen LogP contribution in [0.25, 0.3) is 0 Å². The van der Waals surface area contributed by atoms with E-state index in [0.717, 1.165) is 44.9 Å². The molecule has 4 heteroatoms. The number of allylic oxidation sites excluding steroid dienone is 2. The minimum Gasteiger partial charge on any atom is -0.479 e. The van der Waals surface area contributed by atoms with Crippen molar-refractivity contribution in [2.75, 3.05) is 0 Å². The number of carboxylic acid groups (broad SMARTS) is 1. The van der Waals surface area contributed by atoms with E-state index in [9.17, 15) is 14.7 Å². The fourth-order valence-electron chi connectivity index (χ4n) is 4.96. The van der Waals surface area contributed by atoms with Crippen LogP contribution >= 0.6 is 0 Å². The molecule has 0 aromatic carbocycles. The van der Waals surface area contributed by atoms with Gasteiger partial charge in [-0.25, -0.2) is 4.79 Å². The van der Waals surface area contributed by atoms with Gasteiger partial charge in [0.25, 0.3) is 0 Å². The Labute approximate surface area is 236 Å². The summed E-state index contributed by atoms with van der Waals surface area (Å²) in [5.74, 6) is -1.36. The molecular weight excluding hydrogens is 472 g/mol. The zero-order valence-corrected chi connectivity index (χ0v) is 25.5. The molecule has 0 heterocycles. The number of hydrogen-bond donors (Lipinski definition) is 1. The van der Waals surface area contributed by atoms with E-state index in [1.54, 1.807) is 0 Å². The molecule has 224 valence electrons. The average Bonchev–Trinajstić information content (AvgIpc) is 2.90. The molecule has 1 atom stereocenters. The zero-order chi connectivity index (χ0) is 27.9. The smallest absolute Gasteiger partial charge is 0.345 e. The van der Waals surface area contributed by atoms with Crippen LogP contribution < -0.4 is 0 Å². The normalized spacial score (nSPS) is 12.3. The van der Waals surface area contributed by atoms with Gasteiger partial charge in [-0.3, -0.25) is 4.79 Å². The van der Waals surface area contributed by atoms with Crippen LogP contribution in [0.5, 0.6) is 0 Å². The van der Waals surface area contributed by atoms with Gasteiger partial charge in [0.15, 0.2) is 6.10 Å². The zero-order valence-electron chi connectivity index (χ0n) is 25.5. The van der Waals surface area contributed by atoms with E-state index in [1.807, 2.05) is 0 Å². The maximum Gasteiger partial charge on any atom is 0.345 e. The quantitative estimate of drug-likeness (QED) is 0.0563. The van der Waals surface area contributed by atoms with Crippen LogP contribution in [0.4, 0.5) is 0 Å². The summed E-state index contributed by atoms with van der Waals surface area (Å²) in [6, 6.07) is 0.